The maximum absolute atomic E-state index is 12.4. The number of rotatable bonds is 6. The molecular weight excluding hydrogens is 284 g/mol. The Morgan fingerprint density at radius 1 is 1.50 bits per heavy atom. The molecule has 0 aliphatic heterocycles. The van der Waals surface area contributed by atoms with E-state index in [2.05, 4.69) is 0 Å². The van der Waals surface area contributed by atoms with Crippen molar-refractivity contribution in [3.05, 3.63) is 33.9 Å². The molecule has 0 saturated carbocycles. The zero-order valence-corrected chi connectivity index (χ0v) is 12.4. The molecule has 1 aromatic carbocycles. The molecule has 0 unspecified atom stereocenters. The Morgan fingerprint density at radius 3 is 2.60 bits per heavy atom. The molecule has 7 heteroatoms. The third-order valence-corrected chi connectivity index (χ3v) is 3.00. The van der Waals surface area contributed by atoms with Crippen molar-refractivity contribution in [2.24, 2.45) is 0 Å². The second kappa shape index (κ2) is 7.09. The van der Waals surface area contributed by atoms with Crippen LogP contribution in [0, 0.1) is 10.1 Å². The largest absolute Gasteiger partial charge is 0.490 e. The molecule has 0 spiro atoms. The van der Waals surface area contributed by atoms with E-state index in [1.165, 1.54) is 25.3 Å². The van der Waals surface area contributed by atoms with Gasteiger partial charge in [0, 0.05) is 36.2 Å². The number of amides is 1. The molecule has 0 fully saturated rings. The van der Waals surface area contributed by atoms with Gasteiger partial charge in [0.1, 0.15) is 0 Å². The SMILES string of the molecule is COc1cc(C(=O)N(CCCl)C(C)C)ccc1[N+](=O)[O-]. The summed E-state index contributed by atoms with van der Waals surface area (Å²) in [6, 6.07) is 4.06. The van der Waals surface area contributed by atoms with E-state index in [4.69, 9.17) is 16.3 Å². The van der Waals surface area contributed by atoms with Gasteiger partial charge in [0.15, 0.2) is 5.75 Å². The molecule has 1 amide bonds. The summed E-state index contributed by atoms with van der Waals surface area (Å²) >= 11 is 5.69. The summed E-state index contributed by atoms with van der Waals surface area (Å²) in [5, 5.41) is 10.8. The van der Waals surface area contributed by atoms with Crippen molar-refractivity contribution in [1.29, 1.82) is 0 Å². The van der Waals surface area contributed by atoms with Gasteiger partial charge in [-0.2, -0.15) is 0 Å². The van der Waals surface area contributed by atoms with Crippen LogP contribution < -0.4 is 4.74 Å². The molecule has 0 bridgehead atoms. The van der Waals surface area contributed by atoms with Crippen molar-refractivity contribution in [2.75, 3.05) is 19.5 Å². The van der Waals surface area contributed by atoms with Gasteiger partial charge >= 0.3 is 5.69 Å². The maximum atomic E-state index is 12.4. The van der Waals surface area contributed by atoms with E-state index in [-0.39, 0.29) is 23.4 Å². The van der Waals surface area contributed by atoms with Crippen LogP contribution in [0.25, 0.3) is 0 Å². The highest BCUT2D eigenvalue weighted by Gasteiger charge is 2.22. The van der Waals surface area contributed by atoms with Crippen LogP contribution in [0.5, 0.6) is 5.75 Å². The zero-order chi connectivity index (χ0) is 15.3. The van der Waals surface area contributed by atoms with Crippen LogP contribution in [0.15, 0.2) is 18.2 Å². The molecule has 1 rings (SSSR count). The second-order valence-electron chi connectivity index (χ2n) is 4.43. The van der Waals surface area contributed by atoms with Crippen molar-refractivity contribution in [2.45, 2.75) is 19.9 Å². The van der Waals surface area contributed by atoms with Gasteiger partial charge in [0.2, 0.25) is 0 Å². The number of halogens is 1. The monoisotopic (exact) mass is 300 g/mol. The van der Waals surface area contributed by atoms with Crippen LogP contribution >= 0.6 is 11.6 Å². The first-order valence-electron chi connectivity index (χ1n) is 6.11. The number of nitro benzene ring substituents is 1. The van der Waals surface area contributed by atoms with E-state index in [1.807, 2.05) is 13.8 Å². The van der Waals surface area contributed by atoms with Crippen molar-refractivity contribution in [3.8, 4) is 5.75 Å². The molecule has 20 heavy (non-hydrogen) atoms. The summed E-state index contributed by atoms with van der Waals surface area (Å²) in [4.78, 5) is 24.2. The standard InChI is InChI=1S/C13H17ClN2O4/c1-9(2)15(7-6-14)13(17)10-4-5-11(16(18)19)12(8-10)20-3/h4-5,8-9H,6-7H2,1-3H3. The highest BCUT2D eigenvalue weighted by Crippen LogP contribution is 2.28. The van der Waals surface area contributed by atoms with E-state index in [1.54, 1.807) is 4.90 Å². The summed E-state index contributed by atoms with van der Waals surface area (Å²) in [6.07, 6.45) is 0. The van der Waals surface area contributed by atoms with Gasteiger partial charge in [0.05, 0.1) is 12.0 Å². The smallest absolute Gasteiger partial charge is 0.310 e. The molecule has 6 nitrogen and oxygen atoms in total. The van der Waals surface area contributed by atoms with Crippen molar-refractivity contribution >= 4 is 23.2 Å². The Hall–Kier alpha value is -1.82. The molecular formula is C13H17ClN2O4. The molecule has 0 atom stereocenters. The fraction of sp³-hybridized carbons (Fsp3) is 0.462. The van der Waals surface area contributed by atoms with Crippen LogP contribution in [0.1, 0.15) is 24.2 Å². The van der Waals surface area contributed by atoms with Crippen LogP contribution in [0.2, 0.25) is 0 Å². The second-order valence-corrected chi connectivity index (χ2v) is 4.80. The minimum absolute atomic E-state index is 0.0116. The average Bonchev–Trinajstić information content (AvgIpc) is 2.42. The predicted octanol–water partition coefficient (Wildman–Crippen LogP) is 2.69. The third-order valence-electron chi connectivity index (χ3n) is 2.83. The van der Waals surface area contributed by atoms with Gasteiger partial charge in [-0.1, -0.05) is 0 Å². The van der Waals surface area contributed by atoms with Crippen molar-refractivity contribution in [1.82, 2.24) is 4.90 Å². The molecule has 110 valence electrons. The average molecular weight is 301 g/mol. The lowest BCUT2D eigenvalue weighted by Crippen LogP contribution is -2.38. The highest BCUT2D eigenvalue weighted by molar-refractivity contribution is 6.18. The van der Waals surface area contributed by atoms with Gasteiger partial charge in [-0.3, -0.25) is 14.9 Å². The van der Waals surface area contributed by atoms with Crippen molar-refractivity contribution in [3.63, 3.8) is 0 Å². The Bertz CT molecular complexity index is 505. The number of ether oxygens (including phenoxy) is 1. The summed E-state index contributed by atoms with van der Waals surface area (Å²) < 4.78 is 4.96. The number of methoxy groups -OCH3 is 1. The Balaban J connectivity index is 3.13. The number of carbonyl (C=O) groups excluding carboxylic acids is 1. The molecule has 1 aromatic rings. The number of alkyl halides is 1. The first-order chi connectivity index (χ1) is 9.42. The van der Waals surface area contributed by atoms with Crippen LogP contribution in [-0.2, 0) is 0 Å². The lowest BCUT2D eigenvalue weighted by atomic mass is 10.1. The summed E-state index contributed by atoms with van der Waals surface area (Å²) in [6.45, 7) is 4.18. The normalized spacial score (nSPS) is 10.4. The highest BCUT2D eigenvalue weighted by atomic mass is 35.5. The zero-order valence-electron chi connectivity index (χ0n) is 11.6. The first kappa shape index (κ1) is 16.2. The van der Waals surface area contributed by atoms with E-state index in [0.29, 0.717) is 18.0 Å². The minimum Gasteiger partial charge on any atom is -0.490 e. The first-order valence-corrected chi connectivity index (χ1v) is 6.65. The van der Waals surface area contributed by atoms with Gasteiger partial charge in [-0.15, -0.1) is 11.6 Å². The number of hydrogen-bond acceptors (Lipinski definition) is 4. The van der Waals surface area contributed by atoms with Crippen molar-refractivity contribution < 1.29 is 14.5 Å². The Morgan fingerprint density at radius 2 is 2.15 bits per heavy atom. The van der Waals surface area contributed by atoms with E-state index >= 15 is 0 Å². The third kappa shape index (κ3) is 3.60. The van der Waals surface area contributed by atoms with Crippen LogP contribution in [0.4, 0.5) is 5.69 Å². The fourth-order valence-electron chi connectivity index (χ4n) is 1.81. The number of benzene rings is 1. The number of nitrogens with zero attached hydrogens (tertiary/aromatic N) is 2. The lowest BCUT2D eigenvalue weighted by Gasteiger charge is -2.26. The quantitative estimate of drug-likeness (QED) is 0.460. The van der Waals surface area contributed by atoms with E-state index < -0.39 is 4.92 Å². The molecule has 0 N–H and O–H groups in total. The molecule has 0 radical (unpaired) electrons. The summed E-state index contributed by atoms with van der Waals surface area (Å²) in [5.74, 6) is 0.165. The Kier molecular flexibility index (Phi) is 5.76. The molecule has 0 aromatic heterocycles. The topological polar surface area (TPSA) is 72.7 Å². The summed E-state index contributed by atoms with van der Waals surface area (Å²) in [7, 11) is 1.33. The summed E-state index contributed by atoms with van der Waals surface area (Å²) in [5.41, 5.74) is 0.170. The fourth-order valence-corrected chi connectivity index (χ4v) is 1.99. The Labute approximate surface area is 122 Å². The van der Waals surface area contributed by atoms with Gasteiger partial charge < -0.3 is 9.64 Å². The number of nitro groups is 1. The van der Waals surface area contributed by atoms with Gasteiger partial charge in [0.25, 0.3) is 5.91 Å². The number of hydrogen-bond donors (Lipinski definition) is 0. The van der Waals surface area contributed by atoms with Crippen LogP contribution in [0.3, 0.4) is 0 Å². The van der Waals surface area contributed by atoms with E-state index in [0.717, 1.165) is 0 Å². The maximum Gasteiger partial charge on any atom is 0.310 e. The minimum atomic E-state index is -0.550. The number of carbonyl (C=O) groups is 1. The van der Waals surface area contributed by atoms with Crippen LogP contribution in [-0.4, -0.2) is 41.3 Å². The van der Waals surface area contributed by atoms with E-state index in [9.17, 15) is 14.9 Å². The molecule has 0 aliphatic carbocycles. The molecule has 0 saturated heterocycles. The lowest BCUT2D eigenvalue weighted by molar-refractivity contribution is -0.385. The molecule has 0 aliphatic rings. The van der Waals surface area contributed by atoms with Gasteiger partial charge in [-0.25, -0.2) is 0 Å². The van der Waals surface area contributed by atoms with Gasteiger partial charge in [-0.05, 0) is 19.9 Å². The predicted molar refractivity (Wildman–Crippen MR) is 76.5 cm³/mol. The molecule has 0 heterocycles.